The van der Waals surface area contributed by atoms with Crippen LogP contribution in [0, 0.1) is 5.92 Å². The van der Waals surface area contributed by atoms with E-state index in [1.807, 2.05) is 26.8 Å². The molecule has 1 aromatic heterocycles. The number of rotatable bonds is 5. The molecule has 2 rings (SSSR count). The fraction of sp³-hybridized carbons (Fsp3) is 0.625. The smallest absolute Gasteiger partial charge is 0.413 e. The van der Waals surface area contributed by atoms with Crippen LogP contribution in [-0.2, 0) is 11.3 Å². The van der Waals surface area contributed by atoms with Gasteiger partial charge in [-0.3, -0.25) is 5.32 Å². The molecular formula is C16H25N3O2. The fourth-order valence-corrected chi connectivity index (χ4v) is 2.05. The van der Waals surface area contributed by atoms with E-state index in [-0.39, 0.29) is 0 Å². The summed E-state index contributed by atoms with van der Waals surface area (Å²) in [7, 11) is 0. The highest BCUT2D eigenvalue weighted by molar-refractivity contribution is 5.83. The third-order valence-corrected chi connectivity index (χ3v) is 3.41. The Morgan fingerprint density at radius 2 is 2.14 bits per heavy atom. The standard InChI is InChI=1S/C16H25N3O2/c1-11(13-6-7-13)17-9-12-5-8-14(18-10-12)19-15(20)21-16(2,3)4/h5,8,10-11,13,17H,6-7,9H2,1-4H3,(H,18,19,20)/t11-/m0/s1. The van der Waals surface area contributed by atoms with Crippen LogP contribution < -0.4 is 10.6 Å². The van der Waals surface area contributed by atoms with Gasteiger partial charge in [0.05, 0.1) is 0 Å². The predicted octanol–water partition coefficient (Wildman–Crippen LogP) is 3.32. The van der Waals surface area contributed by atoms with Crippen LogP contribution in [0.25, 0.3) is 0 Å². The molecule has 21 heavy (non-hydrogen) atoms. The summed E-state index contributed by atoms with van der Waals surface area (Å²) in [5.41, 5.74) is 0.602. The summed E-state index contributed by atoms with van der Waals surface area (Å²) in [6.07, 6.45) is 3.97. The monoisotopic (exact) mass is 291 g/mol. The molecule has 0 saturated heterocycles. The quantitative estimate of drug-likeness (QED) is 0.873. The van der Waals surface area contributed by atoms with Crippen molar-refractivity contribution in [3.05, 3.63) is 23.9 Å². The molecule has 1 aromatic rings. The van der Waals surface area contributed by atoms with Gasteiger partial charge in [0.15, 0.2) is 0 Å². The molecule has 1 aliphatic rings. The van der Waals surface area contributed by atoms with Gasteiger partial charge in [0.2, 0.25) is 0 Å². The Balaban J connectivity index is 1.79. The van der Waals surface area contributed by atoms with Gasteiger partial charge in [-0.1, -0.05) is 6.07 Å². The Morgan fingerprint density at radius 3 is 2.67 bits per heavy atom. The largest absolute Gasteiger partial charge is 0.444 e. The van der Waals surface area contributed by atoms with E-state index in [0.717, 1.165) is 18.0 Å². The van der Waals surface area contributed by atoms with Crippen LogP contribution in [-0.4, -0.2) is 22.7 Å². The van der Waals surface area contributed by atoms with Gasteiger partial charge >= 0.3 is 6.09 Å². The minimum absolute atomic E-state index is 0.483. The number of nitrogens with zero attached hydrogens (tertiary/aromatic N) is 1. The number of amides is 1. The lowest BCUT2D eigenvalue weighted by atomic mass is 10.2. The molecule has 0 unspecified atom stereocenters. The molecule has 5 nitrogen and oxygen atoms in total. The maximum absolute atomic E-state index is 11.6. The van der Waals surface area contributed by atoms with Crippen molar-refractivity contribution in [3.8, 4) is 0 Å². The first-order chi connectivity index (χ1) is 9.83. The topological polar surface area (TPSA) is 63.2 Å². The number of aromatic nitrogens is 1. The summed E-state index contributed by atoms with van der Waals surface area (Å²) in [5, 5.41) is 6.13. The van der Waals surface area contributed by atoms with Crippen molar-refractivity contribution in [3.63, 3.8) is 0 Å². The highest BCUT2D eigenvalue weighted by Gasteiger charge is 2.27. The molecule has 0 bridgehead atoms. The van der Waals surface area contributed by atoms with Crippen LogP contribution in [0.3, 0.4) is 0 Å². The van der Waals surface area contributed by atoms with Crippen molar-refractivity contribution in [2.24, 2.45) is 5.92 Å². The summed E-state index contributed by atoms with van der Waals surface area (Å²) in [6, 6.07) is 4.32. The first-order valence-electron chi connectivity index (χ1n) is 7.52. The molecule has 1 atom stereocenters. The van der Waals surface area contributed by atoms with Crippen molar-refractivity contribution < 1.29 is 9.53 Å². The zero-order valence-corrected chi connectivity index (χ0v) is 13.3. The Bertz CT molecular complexity index is 475. The number of nitrogens with one attached hydrogen (secondary N) is 2. The van der Waals surface area contributed by atoms with Crippen LogP contribution in [0.4, 0.5) is 10.6 Å². The number of ether oxygens (including phenoxy) is 1. The Morgan fingerprint density at radius 1 is 1.43 bits per heavy atom. The molecule has 1 fully saturated rings. The number of hydrogen-bond acceptors (Lipinski definition) is 4. The fourth-order valence-electron chi connectivity index (χ4n) is 2.05. The number of carbonyl (C=O) groups excluding carboxylic acids is 1. The molecule has 116 valence electrons. The number of carbonyl (C=O) groups is 1. The van der Waals surface area contributed by atoms with E-state index in [0.29, 0.717) is 11.9 Å². The third-order valence-electron chi connectivity index (χ3n) is 3.41. The molecule has 1 saturated carbocycles. The van der Waals surface area contributed by atoms with Gasteiger partial charge in [0.25, 0.3) is 0 Å². The summed E-state index contributed by atoms with van der Waals surface area (Å²) in [6.45, 7) is 8.52. The second-order valence-electron chi connectivity index (χ2n) is 6.69. The predicted molar refractivity (Wildman–Crippen MR) is 83.1 cm³/mol. The van der Waals surface area contributed by atoms with E-state index in [2.05, 4.69) is 22.5 Å². The second-order valence-corrected chi connectivity index (χ2v) is 6.69. The summed E-state index contributed by atoms with van der Waals surface area (Å²) in [4.78, 5) is 15.9. The molecule has 1 heterocycles. The minimum atomic E-state index is -0.507. The highest BCUT2D eigenvalue weighted by atomic mass is 16.6. The second kappa shape index (κ2) is 6.43. The number of pyridine rings is 1. The Labute approximate surface area is 126 Å². The maximum Gasteiger partial charge on any atom is 0.413 e. The van der Waals surface area contributed by atoms with E-state index in [1.165, 1.54) is 12.8 Å². The average molecular weight is 291 g/mol. The molecule has 2 N–H and O–H groups in total. The highest BCUT2D eigenvalue weighted by Crippen LogP contribution is 2.32. The van der Waals surface area contributed by atoms with E-state index in [4.69, 9.17) is 4.74 Å². The molecule has 0 aliphatic heterocycles. The molecule has 0 spiro atoms. The van der Waals surface area contributed by atoms with E-state index in [9.17, 15) is 4.79 Å². The molecular weight excluding hydrogens is 266 g/mol. The van der Waals surface area contributed by atoms with Crippen molar-refractivity contribution in [1.82, 2.24) is 10.3 Å². The summed E-state index contributed by atoms with van der Waals surface area (Å²) < 4.78 is 5.18. The lowest BCUT2D eigenvalue weighted by molar-refractivity contribution is 0.0635. The van der Waals surface area contributed by atoms with E-state index >= 15 is 0 Å². The van der Waals surface area contributed by atoms with Crippen molar-refractivity contribution in [1.29, 1.82) is 0 Å². The van der Waals surface area contributed by atoms with Crippen LogP contribution in [0.2, 0.25) is 0 Å². The number of anilines is 1. The maximum atomic E-state index is 11.6. The Hall–Kier alpha value is -1.62. The van der Waals surface area contributed by atoms with Gasteiger partial charge in [-0.25, -0.2) is 9.78 Å². The molecule has 1 aliphatic carbocycles. The zero-order chi connectivity index (χ0) is 15.5. The SMILES string of the molecule is C[C@H](NCc1ccc(NC(=O)OC(C)(C)C)nc1)C1CC1. The zero-order valence-electron chi connectivity index (χ0n) is 13.3. The van der Waals surface area contributed by atoms with Gasteiger partial charge in [0.1, 0.15) is 11.4 Å². The third kappa shape index (κ3) is 5.71. The Kier molecular flexibility index (Phi) is 4.83. The average Bonchev–Trinajstić information content (AvgIpc) is 3.19. The van der Waals surface area contributed by atoms with Gasteiger partial charge < -0.3 is 10.1 Å². The normalized spacial score (nSPS) is 16.4. The summed E-state index contributed by atoms with van der Waals surface area (Å²) >= 11 is 0. The summed E-state index contributed by atoms with van der Waals surface area (Å²) in [5.74, 6) is 1.34. The molecule has 5 heteroatoms. The van der Waals surface area contributed by atoms with Crippen molar-refractivity contribution >= 4 is 11.9 Å². The van der Waals surface area contributed by atoms with E-state index < -0.39 is 11.7 Å². The molecule has 0 radical (unpaired) electrons. The minimum Gasteiger partial charge on any atom is -0.444 e. The lowest BCUT2D eigenvalue weighted by Gasteiger charge is -2.19. The van der Waals surface area contributed by atoms with Crippen LogP contribution >= 0.6 is 0 Å². The van der Waals surface area contributed by atoms with Crippen LogP contribution in [0.15, 0.2) is 18.3 Å². The van der Waals surface area contributed by atoms with Crippen molar-refractivity contribution in [2.75, 3.05) is 5.32 Å². The van der Waals surface area contributed by atoms with Gasteiger partial charge in [0, 0.05) is 18.8 Å². The molecule has 1 amide bonds. The van der Waals surface area contributed by atoms with Crippen LogP contribution in [0.1, 0.15) is 46.1 Å². The van der Waals surface area contributed by atoms with Crippen molar-refractivity contribution in [2.45, 2.75) is 58.7 Å². The molecule has 0 aromatic carbocycles. The van der Waals surface area contributed by atoms with E-state index in [1.54, 1.807) is 12.3 Å². The van der Waals surface area contributed by atoms with Crippen LogP contribution in [0.5, 0.6) is 0 Å². The number of hydrogen-bond donors (Lipinski definition) is 2. The first kappa shape index (κ1) is 15.8. The van der Waals surface area contributed by atoms with Gasteiger partial charge in [-0.15, -0.1) is 0 Å². The van der Waals surface area contributed by atoms with Gasteiger partial charge in [-0.2, -0.15) is 0 Å². The lowest BCUT2D eigenvalue weighted by Crippen LogP contribution is -2.28. The van der Waals surface area contributed by atoms with Gasteiger partial charge in [-0.05, 0) is 58.1 Å². The first-order valence-corrected chi connectivity index (χ1v) is 7.52.